The van der Waals surface area contributed by atoms with Gasteiger partial charge in [0.2, 0.25) is 0 Å². The largest absolute Gasteiger partial charge is 0.314 e. The highest BCUT2D eigenvalue weighted by Gasteiger charge is 2.34. The van der Waals surface area contributed by atoms with Crippen LogP contribution >= 0.6 is 0 Å². The summed E-state index contributed by atoms with van der Waals surface area (Å²) in [6, 6.07) is 10.1. The lowest BCUT2D eigenvalue weighted by molar-refractivity contribution is 0.0298. The van der Waals surface area contributed by atoms with E-state index in [4.69, 9.17) is 0 Å². The molecule has 0 amide bonds. The number of aryl methyl sites for hydroxylation is 1. The van der Waals surface area contributed by atoms with Crippen LogP contribution in [-0.2, 0) is 0 Å². The van der Waals surface area contributed by atoms with Crippen molar-refractivity contribution in [2.24, 2.45) is 0 Å². The fourth-order valence-electron chi connectivity index (χ4n) is 3.34. The molecule has 2 saturated heterocycles. The van der Waals surface area contributed by atoms with Crippen molar-refractivity contribution in [2.75, 3.05) is 39.8 Å². The highest BCUT2D eigenvalue weighted by Crippen LogP contribution is 2.28. The summed E-state index contributed by atoms with van der Waals surface area (Å²) >= 11 is 0. The molecular weight excluding hydrogens is 222 g/mol. The van der Waals surface area contributed by atoms with Crippen LogP contribution in [-0.4, -0.2) is 55.6 Å². The highest BCUT2D eigenvalue weighted by atomic mass is 15.3. The second-order valence-electron chi connectivity index (χ2n) is 5.66. The molecular formula is C15H23N3. The average Bonchev–Trinajstić information content (AvgIpc) is 2.39. The van der Waals surface area contributed by atoms with Gasteiger partial charge >= 0.3 is 0 Å². The Morgan fingerprint density at radius 1 is 1.22 bits per heavy atom. The number of nitrogens with one attached hydrogen (secondary N) is 1. The van der Waals surface area contributed by atoms with Crippen molar-refractivity contribution < 1.29 is 0 Å². The molecule has 0 radical (unpaired) electrons. The molecule has 0 bridgehead atoms. The Kier molecular flexibility index (Phi) is 3.37. The molecule has 98 valence electrons. The van der Waals surface area contributed by atoms with E-state index in [-0.39, 0.29) is 0 Å². The van der Waals surface area contributed by atoms with Gasteiger partial charge in [-0.05, 0) is 25.1 Å². The van der Waals surface area contributed by atoms with Crippen molar-refractivity contribution in [3.05, 3.63) is 35.4 Å². The van der Waals surface area contributed by atoms with Crippen LogP contribution < -0.4 is 5.32 Å². The van der Waals surface area contributed by atoms with E-state index >= 15 is 0 Å². The number of hydrogen-bond acceptors (Lipinski definition) is 3. The van der Waals surface area contributed by atoms with Gasteiger partial charge < -0.3 is 5.32 Å². The summed E-state index contributed by atoms with van der Waals surface area (Å²) in [6.45, 7) is 8.05. The average molecular weight is 245 g/mol. The summed E-state index contributed by atoms with van der Waals surface area (Å²) < 4.78 is 0. The van der Waals surface area contributed by atoms with E-state index in [0.29, 0.717) is 12.1 Å². The third-order valence-corrected chi connectivity index (χ3v) is 4.46. The predicted molar refractivity (Wildman–Crippen MR) is 74.8 cm³/mol. The van der Waals surface area contributed by atoms with Gasteiger partial charge in [-0.1, -0.05) is 24.3 Å². The van der Waals surface area contributed by atoms with Gasteiger partial charge in [-0.25, -0.2) is 0 Å². The number of nitrogens with zero attached hydrogens (tertiary/aromatic N) is 2. The third kappa shape index (κ3) is 2.18. The molecule has 3 nitrogen and oxygen atoms in total. The fraction of sp³-hybridized carbons (Fsp3) is 0.600. The predicted octanol–water partition coefficient (Wildman–Crippen LogP) is 1.26. The fourth-order valence-corrected chi connectivity index (χ4v) is 3.34. The molecule has 0 saturated carbocycles. The van der Waals surface area contributed by atoms with Crippen molar-refractivity contribution in [3.8, 4) is 0 Å². The van der Waals surface area contributed by atoms with E-state index in [9.17, 15) is 0 Å². The zero-order valence-electron chi connectivity index (χ0n) is 11.4. The molecule has 3 heteroatoms. The second-order valence-corrected chi connectivity index (χ2v) is 5.66. The van der Waals surface area contributed by atoms with Crippen LogP contribution in [0.5, 0.6) is 0 Å². The van der Waals surface area contributed by atoms with E-state index < -0.39 is 0 Å². The van der Waals surface area contributed by atoms with Crippen LogP contribution in [0.25, 0.3) is 0 Å². The summed E-state index contributed by atoms with van der Waals surface area (Å²) in [5.74, 6) is 0. The van der Waals surface area contributed by atoms with E-state index in [1.165, 1.54) is 30.8 Å². The van der Waals surface area contributed by atoms with Crippen LogP contribution in [0.4, 0.5) is 0 Å². The zero-order chi connectivity index (χ0) is 12.5. The number of rotatable bonds is 1. The number of hydrogen-bond donors (Lipinski definition) is 1. The quantitative estimate of drug-likeness (QED) is 0.803. The molecule has 2 heterocycles. The first-order valence-electron chi connectivity index (χ1n) is 6.96. The van der Waals surface area contributed by atoms with E-state index in [1.807, 2.05) is 0 Å². The Bertz CT molecular complexity index is 418. The molecule has 2 aliphatic heterocycles. The molecule has 18 heavy (non-hydrogen) atoms. The van der Waals surface area contributed by atoms with E-state index in [0.717, 1.165) is 13.1 Å². The maximum atomic E-state index is 3.50. The minimum absolute atomic E-state index is 0.556. The van der Waals surface area contributed by atoms with Crippen molar-refractivity contribution in [2.45, 2.75) is 19.0 Å². The van der Waals surface area contributed by atoms with Crippen molar-refractivity contribution in [1.82, 2.24) is 15.1 Å². The summed E-state index contributed by atoms with van der Waals surface area (Å²) in [5.41, 5.74) is 2.92. The topological polar surface area (TPSA) is 18.5 Å². The zero-order valence-corrected chi connectivity index (χ0v) is 11.4. The van der Waals surface area contributed by atoms with Crippen LogP contribution in [0.15, 0.2) is 24.3 Å². The number of fused-ring (bicyclic) bond motifs is 1. The highest BCUT2D eigenvalue weighted by molar-refractivity contribution is 5.29. The Hall–Kier alpha value is -0.900. The molecule has 0 aromatic heterocycles. The third-order valence-electron chi connectivity index (χ3n) is 4.46. The second kappa shape index (κ2) is 5.00. The van der Waals surface area contributed by atoms with Crippen molar-refractivity contribution in [1.29, 1.82) is 0 Å². The van der Waals surface area contributed by atoms with Crippen LogP contribution in [0.1, 0.15) is 17.2 Å². The number of likely N-dealkylation sites (N-methyl/N-ethyl adjacent to an activating group) is 1. The van der Waals surface area contributed by atoms with Gasteiger partial charge in [-0.3, -0.25) is 9.80 Å². The molecule has 1 aromatic carbocycles. The Morgan fingerprint density at radius 2 is 2.06 bits per heavy atom. The number of piperazine rings is 2. The molecule has 0 spiro atoms. The first-order chi connectivity index (χ1) is 8.75. The normalized spacial score (nSPS) is 30.1. The van der Waals surface area contributed by atoms with Crippen LogP contribution in [0.3, 0.4) is 0 Å². The van der Waals surface area contributed by atoms with E-state index in [2.05, 4.69) is 53.4 Å². The molecule has 2 fully saturated rings. The van der Waals surface area contributed by atoms with Gasteiger partial charge in [0.05, 0.1) is 0 Å². The molecule has 1 aromatic rings. The SMILES string of the molecule is Cc1ccccc1C1CN2CCNCC2CN1C. The Balaban J connectivity index is 1.82. The molecule has 0 aliphatic carbocycles. The minimum Gasteiger partial charge on any atom is -0.314 e. The maximum Gasteiger partial charge on any atom is 0.0475 e. The molecule has 2 atom stereocenters. The van der Waals surface area contributed by atoms with Gasteiger partial charge in [0.1, 0.15) is 0 Å². The number of benzene rings is 1. The van der Waals surface area contributed by atoms with Gasteiger partial charge in [0, 0.05) is 44.8 Å². The van der Waals surface area contributed by atoms with Crippen LogP contribution in [0.2, 0.25) is 0 Å². The lowest BCUT2D eigenvalue weighted by Crippen LogP contribution is -2.61. The smallest absolute Gasteiger partial charge is 0.0475 e. The first kappa shape index (κ1) is 12.2. The van der Waals surface area contributed by atoms with Crippen molar-refractivity contribution in [3.63, 3.8) is 0 Å². The van der Waals surface area contributed by atoms with Gasteiger partial charge in [-0.2, -0.15) is 0 Å². The summed E-state index contributed by atoms with van der Waals surface area (Å²) in [4.78, 5) is 5.18. The molecule has 2 unspecified atom stereocenters. The standard InChI is InChI=1S/C15H23N3/c1-12-5-3-4-6-14(12)15-11-18-8-7-16-9-13(18)10-17(15)2/h3-6,13,15-16H,7-11H2,1-2H3. The maximum absolute atomic E-state index is 3.50. The molecule has 2 aliphatic rings. The lowest BCUT2D eigenvalue weighted by Gasteiger charge is -2.47. The minimum atomic E-state index is 0.556. The molecule has 1 N–H and O–H groups in total. The van der Waals surface area contributed by atoms with Gasteiger partial charge in [0.25, 0.3) is 0 Å². The van der Waals surface area contributed by atoms with Crippen molar-refractivity contribution >= 4 is 0 Å². The Labute approximate surface area is 110 Å². The van der Waals surface area contributed by atoms with Gasteiger partial charge in [0.15, 0.2) is 0 Å². The summed E-state index contributed by atoms with van der Waals surface area (Å²) in [6.07, 6.45) is 0. The van der Waals surface area contributed by atoms with Gasteiger partial charge in [-0.15, -0.1) is 0 Å². The lowest BCUT2D eigenvalue weighted by atomic mass is 9.95. The summed E-state index contributed by atoms with van der Waals surface area (Å²) in [7, 11) is 2.27. The molecule has 3 rings (SSSR count). The monoisotopic (exact) mass is 245 g/mol. The first-order valence-corrected chi connectivity index (χ1v) is 6.96. The summed E-state index contributed by atoms with van der Waals surface area (Å²) in [5, 5.41) is 3.50. The Morgan fingerprint density at radius 3 is 2.89 bits per heavy atom. The van der Waals surface area contributed by atoms with E-state index in [1.54, 1.807) is 0 Å². The van der Waals surface area contributed by atoms with Crippen LogP contribution in [0, 0.1) is 6.92 Å².